The highest BCUT2D eigenvalue weighted by atomic mass is 16.5. The predicted octanol–water partition coefficient (Wildman–Crippen LogP) is 3.70. The fourth-order valence-corrected chi connectivity index (χ4v) is 2.68. The fourth-order valence-electron chi connectivity index (χ4n) is 2.68. The van der Waals surface area contributed by atoms with Gasteiger partial charge in [0.25, 0.3) is 0 Å². The monoisotopic (exact) mass is 421 g/mol. The Morgan fingerprint density at radius 2 is 1.80 bits per heavy atom. The Kier molecular flexibility index (Phi) is 12.3. The largest absolute Gasteiger partial charge is 0.491 e. The van der Waals surface area contributed by atoms with Crippen LogP contribution in [0, 0.1) is 5.92 Å². The van der Waals surface area contributed by atoms with E-state index < -0.39 is 0 Å². The van der Waals surface area contributed by atoms with Crippen LogP contribution in [-0.4, -0.2) is 65.3 Å². The number of hydrogen-bond acceptors (Lipinski definition) is 5. The molecule has 170 valence electrons. The number of methoxy groups -OCH3 is 1. The molecule has 0 saturated heterocycles. The fraction of sp³-hybridized carbons (Fsp3) is 0.696. The average molecular weight is 422 g/mol. The molecular weight excluding hydrogens is 382 g/mol. The van der Waals surface area contributed by atoms with Gasteiger partial charge in [-0.25, -0.2) is 0 Å². The van der Waals surface area contributed by atoms with Crippen molar-refractivity contribution < 1.29 is 18.9 Å². The lowest BCUT2D eigenvalue weighted by Gasteiger charge is -2.14. The number of aliphatic imine (C=N–C) groups is 1. The molecule has 0 spiro atoms. The van der Waals surface area contributed by atoms with Gasteiger partial charge in [0.2, 0.25) is 0 Å². The van der Waals surface area contributed by atoms with Crippen LogP contribution in [-0.2, 0) is 14.2 Å². The lowest BCUT2D eigenvalue weighted by Crippen LogP contribution is -2.32. The van der Waals surface area contributed by atoms with Crippen molar-refractivity contribution in [1.29, 1.82) is 0 Å². The maximum atomic E-state index is 5.71. The second kappa shape index (κ2) is 15.0. The number of rotatable bonds is 16. The quantitative estimate of drug-likeness (QED) is 0.241. The Hall–Kier alpha value is -1.83. The zero-order chi connectivity index (χ0) is 21.4. The molecule has 1 saturated carbocycles. The Labute approximate surface area is 181 Å². The van der Waals surface area contributed by atoms with Crippen LogP contribution in [0.25, 0.3) is 0 Å². The average Bonchev–Trinajstić information content (AvgIpc) is 3.55. The van der Waals surface area contributed by atoms with Crippen molar-refractivity contribution in [3.05, 3.63) is 24.3 Å². The van der Waals surface area contributed by atoms with Crippen molar-refractivity contribution in [1.82, 2.24) is 5.32 Å². The molecule has 30 heavy (non-hydrogen) atoms. The van der Waals surface area contributed by atoms with Crippen LogP contribution < -0.4 is 15.4 Å². The molecule has 1 aromatic carbocycles. The van der Waals surface area contributed by atoms with Gasteiger partial charge in [0, 0.05) is 45.7 Å². The van der Waals surface area contributed by atoms with E-state index >= 15 is 0 Å². The van der Waals surface area contributed by atoms with E-state index in [1.54, 1.807) is 7.11 Å². The summed E-state index contributed by atoms with van der Waals surface area (Å²) in [7, 11) is 1.68. The van der Waals surface area contributed by atoms with E-state index in [-0.39, 0.29) is 6.10 Å². The topological polar surface area (TPSA) is 73.3 Å². The molecule has 1 aromatic rings. The molecule has 2 rings (SSSR count). The molecule has 1 aliphatic rings. The van der Waals surface area contributed by atoms with Crippen LogP contribution in [0.1, 0.15) is 39.5 Å². The lowest BCUT2D eigenvalue weighted by molar-refractivity contribution is 0.0699. The zero-order valence-electron chi connectivity index (χ0n) is 18.8. The molecule has 0 aliphatic heterocycles. The summed E-state index contributed by atoms with van der Waals surface area (Å²) in [6.07, 6.45) is 4.63. The van der Waals surface area contributed by atoms with Crippen molar-refractivity contribution in [2.24, 2.45) is 10.9 Å². The summed E-state index contributed by atoms with van der Waals surface area (Å²) in [5, 5.41) is 6.75. The van der Waals surface area contributed by atoms with Gasteiger partial charge in [-0.3, -0.25) is 4.99 Å². The molecule has 1 fully saturated rings. The minimum Gasteiger partial charge on any atom is -0.491 e. The minimum absolute atomic E-state index is 0.163. The molecule has 0 heterocycles. The predicted molar refractivity (Wildman–Crippen MR) is 122 cm³/mol. The number of benzene rings is 1. The third-order valence-corrected chi connectivity index (χ3v) is 4.45. The van der Waals surface area contributed by atoms with E-state index in [4.69, 9.17) is 23.9 Å². The third kappa shape index (κ3) is 12.0. The second-order valence-electron chi connectivity index (χ2n) is 7.80. The Balaban J connectivity index is 1.75. The molecule has 0 radical (unpaired) electrons. The first kappa shape index (κ1) is 24.4. The first-order chi connectivity index (χ1) is 14.7. The molecule has 0 aromatic heterocycles. The smallest absolute Gasteiger partial charge is 0.195 e. The number of anilines is 1. The van der Waals surface area contributed by atoms with Crippen LogP contribution in [0.2, 0.25) is 0 Å². The molecule has 0 atom stereocenters. The van der Waals surface area contributed by atoms with Crippen molar-refractivity contribution in [3.8, 4) is 5.75 Å². The number of nitrogens with zero attached hydrogens (tertiary/aromatic N) is 1. The van der Waals surface area contributed by atoms with E-state index in [0.29, 0.717) is 19.8 Å². The van der Waals surface area contributed by atoms with Gasteiger partial charge in [0.1, 0.15) is 5.75 Å². The van der Waals surface area contributed by atoms with Crippen LogP contribution in [0.4, 0.5) is 5.69 Å². The number of guanidine groups is 1. The molecule has 7 heteroatoms. The van der Waals surface area contributed by atoms with Crippen molar-refractivity contribution >= 4 is 11.6 Å². The highest BCUT2D eigenvalue weighted by Gasteiger charge is 2.20. The second-order valence-corrected chi connectivity index (χ2v) is 7.80. The molecule has 0 bridgehead atoms. The lowest BCUT2D eigenvalue weighted by atomic mass is 10.3. The summed E-state index contributed by atoms with van der Waals surface area (Å²) in [6, 6.07) is 7.94. The molecule has 2 N–H and O–H groups in total. The first-order valence-electron chi connectivity index (χ1n) is 11.1. The summed E-state index contributed by atoms with van der Waals surface area (Å²) in [4.78, 5) is 4.69. The van der Waals surface area contributed by atoms with Gasteiger partial charge < -0.3 is 29.6 Å². The van der Waals surface area contributed by atoms with E-state index in [1.165, 1.54) is 12.8 Å². The Morgan fingerprint density at radius 3 is 2.50 bits per heavy atom. The minimum atomic E-state index is 0.163. The van der Waals surface area contributed by atoms with Crippen LogP contribution in [0.3, 0.4) is 0 Å². The standard InChI is InChI=1S/C23H39N3O4/c1-19(2)30-22-10-8-21(9-11-22)26-23(24-12-4-14-28-17-16-27-3)25-13-5-15-29-18-20-6-7-20/h8-11,19-20H,4-7,12-18H2,1-3H3,(H2,24,25,26). The van der Waals surface area contributed by atoms with Gasteiger partial charge in [-0.05, 0) is 69.7 Å². The van der Waals surface area contributed by atoms with Crippen molar-refractivity contribution in [3.63, 3.8) is 0 Å². The summed E-state index contributed by atoms with van der Waals surface area (Å²) in [6.45, 7) is 9.16. The van der Waals surface area contributed by atoms with Crippen LogP contribution in [0.15, 0.2) is 29.3 Å². The maximum Gasteiger partial charge on any atom is 0.195 e. The normalized spacial score (nSPS) is 14.2. The van der Waals surface area contributed by atoms with E-state index in [2.05, 4.69) is 10.6 Å². The zero-order valence-corrected chi connectivity index (χ0v) is 18.8. The van der Waals surface area contributed by atoms with Gasteiger partial charge >= 0.3 is 0 Å². The maximum absolute atomic E-state index is 5.71. The van der Waals surface area contributed by atoms with Gasteiger partial charge in [0.05, 0.1) is 19.3 Å². The third-order valence-electron chi connectivity index (χ3n) is 4.45. The van der Waals surface area contributed by atoms with E-state index in [9.17, 15) is 0 Å². The summed E-state index contributed by atoms with van der Waals surface area (Å²) in [5.74, 6) is 2.44. The highest BCUT2D eigenvalue weighted by molar-refractivity contribution is 5.93. The molecule has 1 aliphatic carbocycles. The summed E-state index contributed by atoms with van der Waals surface area (Å²) >= 11 is 0. The Morgan fingerprint density at radius 1 is 1.03 bits per heavy atom. The van der Waals surface area contributed by atoms with E-state index in [1.807, 2.05) is 38.1 Å². The summed E-state index contributed by atoms with van der Waals surface area (Å²) < 4.78 is 21.9. The number of ether oxygens (including phenoxy) is 4. The van der Waals surface area contributed by atoms with Gasteiger partial charge in [-0.15, -0.1) is 0 Å². The van der Waals surface area contributed by atoms with Gasteiger partial charge in [0.15, 0.2) is 5.96 Å². The van der Waals surface area contributed by atoms with Gasteiger partial charge in [-0.1, -0.05) is 0 Å². The van der Waals surface area contributed by atoms with Gasteiger partial charge in [-0.2, -0.15) is 0 Å². The first-order valence-corrected chi connectivity index (χ1v) is 11.1. The number of nitrogens with one attached hydrogen (secondary N) is 2. The summed E-state index contributed by atoms with van der Waals surface area (Å²) in [5.41, 5.74) is 0.971. The SMILES string of the molecule is COCCOCCCNC(=NCCCOCC1CC1)Nc1ccc(OC(C)C)cc1. The van der Waals surface area contributed by atoms with Crippen molar-refractivity contribution in [2.75, 3.05) is 58.6 Å². The number of hydrogen-bond donors (Lipinski definition) is 2. The molecule has 0 unspecified atom stereocenters. The van der Waals surface area contributed by atoms with Crippen molar-refractivity contribution in [2.45, 2.75) is 45.6 Å². The van der Waals surface area contributed by atoms with E-state index in [0.717, 1.165) is 62.5 Å². The molecule has 7 nitrogen and oxygen atoms in total. The Bertz CT molecular complexity index is 589. The highest BCUT2D eigenvalue weighted by Crippen LogP contribution is 2.28. The van der Waals surface area contributed by atoms with Crippen LogP contribution >= 0.6 is 0 Å². The van der Waals surface area contributed by atoms with Crippen LogP contribution in [0.5, 0.6) is 5.75 Å². The molecular formula is C23H39N3O4. The molecule has 0 amide bonds.